The van der Waals surface area contributed by atoms with Crippen molar-refractivity contribution in [3.05, 3.63) is 35.4 Å². The van der Waals surface area contributed by atoms with E-state index in [4.69, 9.17) is 5.73 Å². The monoisotopic (exact) mass is 272 g/mol. The van der Waals surface area contributed by atoms with Gasteiger partial charge in [-0.05, 0) is 42.7 Å². The molecule has 1 aromatic rings. The molecule has 0 bridgehead atoms. The van der Waals surface area contributed by atoms with Crippen molar-refractivity contribution in [3.8, 4) is 0 Å². The maximum atomic E-state index is 12.9. The zero-order valence-electron chi connectivity index (χ0n) is 12.2. The molecule has 0 radical (unpaired) electrons. The van der Waals surface area contributed by atoms with Crippen molar-refractivity contribution in [3.63, 3.8) is 0 Å². The number of amides is 1. The van der Waals surface area contributed by atoms with Crippen molar-refractivity contribution in [1.82, 2.24) is 4.90 Å². The lowest BCUT2D eigenvalue weighted by Gasteiger charge is -2.32. The van der Waals surface area contributed by atoms with Crippen LogP contribution >= 0.6 is 0 Å². The Balaban J connectivity index is 1.85. The second-order valence-corrected chi connectivity index (χ2v) is 6.24. The molecular weight excluding hydrogens is 248 g/mol. The molecule has 1 saturated heterocycles. The fraction of sp³-hybridized carbons (Fsp3) is 0.588. The Morgan fingerprint density at radius 1 is 1.35 bits per heavy atom. The minimum Gasteiger partial charge on any atom is -0.338 e. The molecule has 2 aliphatic rings. The standard InChI is InChI=1S/C17H24N2O/c1-12-9-10-19(16(12)11-18)17(20)15-8-4-6-13-5-2-3-7-14(13)15/h2-3,5,7,12,15-16H,4,6,8-11,18H2,1H3. The van der Waals surface area contributed by atoms with Crippen LogP contribution in [0, 0.1) is 5.92 Å². The van der Waals surface area contributed by atoms with Gasteiger partial charge in [-0.3, -0.25) is 4.79 Å². The lowest BCUT2D eigenvalue weighted by atomic mass is 9.82. The van der Waals surface area contributed by atoms with E-state index in [-0.39, 0.29) is 12.0 Å². The Hall–Kier alpha value is -1.35. The minimum atomic E-state index is 0.0549. The van der Waals surface area contributed by atoms with Crippen molar-refractivity contribution in [2.75, 3.05) is 13.1 Å². The zero-order chi connectivity index (χ0) is 14.1. The molecule has 3 unspecified atom stereocenters. The van der Waals surface area contributed by atoms with Crippen LogP contribution in [0.15, 0.2) is 24.3 Å². The fourth-order valence-corrected chi connectivity index (χ4v) is 3.85. The number of carbonyl (C=O) groups is 1. The zero-order valence-corrected chi connectivity index (χ0v) is 12.2. The molecule has 108 valence electrons. The minimum absolute atomic E-state index is 0.0549. The van der Waals surface area contributed by atoms with Crippen molar-refractivity contribution in [2.24, 2.45) is 11.7 Å². The summed E-state index contributed by atoms with van der Waals surface area (Å²) in [6.45, 7) is 3.67. The number of nitrogens with two attached hydrogens (primary N) is 1. The van der Waals surface area contributed by atoms with Crippen molar-refractivity contribution in [1.29, 1.82) is 0 Å². The smallest absolute Gasteiger partial charge is 0.230 e. The van der Waals surface area contributed by atoms with E-state index >= 15 is 0 Å². The predicted octanol–water partition coefficient (Wildman–Crippen LogP) is 2.30. The molecule has 3 nitrogen and oxygen atoms in total. The molecule has 0 saturated carbocycles. The van der Waals surface area contributed by atoms with Crippen LogP contribution in [0.3, 0.4) is 0 Å². The molecule has 3 heteroatoms. The summed E-state index contributed by atoms with van der Waals surface area (Å²) in [6, 6.07) is 8.66. The van der Waals surface area contributed by atoms with Gasteiger partial charge in [0.15, 0.2) is 0 Å². The van der Waals surface area contributed by atoms with Gasteiger partial charge in [-0.15, -0.1) is 0 Å². The van der Waals surface area contributed by atoms with Gasteiger partial charge in [0.25, 0.3) is 0 Å². The van der Waals surface area contributed by atoms with E-state index in [0.717, 1.165) is 32.2 Å². The molecular formula is C17H24N2O. The highest BCUT2D eigenvalue weighted by Crippen LogP contribution is 2.35. The summed E-state index contributed by atoms with van der Waals surface area (Å²) >= 11 is 0. The summed E-state index contributed by atoms with van der Waals surface area (Å²) in [5, 5.41) is 0. The maximum absolute atomic E-state index is 12.9. The van der Waals surface area contributed by atoms with Gasteiger partial charge in [0.05, 0.1) is 5.92 Å². The van der Waals surface area contributed by atoms with Crippen LogP contribution in [0.5, 0.6) is 0 Å². The van der Waals surface area contributed by atoms with Crippen molar-refractivity contribution >= 4 is 5.91 Å². The topological polar surface area (TPSA) is 46.3 Å². The SMILES string of the molecule is CC1CCN(C(=O)C2CCCc3ccccc32)C1CN. The lowest BCUT2D eigenvalue weighted by Crippen LogP contribution is -2.44. The van der Waals surface area contributed by atoms with E-state index in [0.29, 0.717) is 18.4 Å². The van der Waals surface area contributed by atoms with E-state index in [9.17, 15) is 4.79 Å². The Bertz CT molecular complexity index is 500. The summed E-state index contributed by atoms with van der Waals surface area (Å²) < 4.78 is 0. The van der Waals surface area contributed by atoms with Gasteiger partial charge in [0.1, 0.15) is 0 Å². The van der Waals surface area contributed by atoms with Gasteiger partial charge in [-0.25, -0.2) is 0 Å². The molecule has 0 aromatic heterocycles. The van der Waals surface area contributed by atoms with Gasteiger partial charge in [0.2, 0.25) is 5.91 Å². The third-order valence-electron chi connectivity index (χ3n) is 5.07. The molecule has 0 spiro atoms. The van der Waals surface area contributed by atoms with Crippen LogP contribution in [-0.4, -0.2) is 29.9 Å². The van der Waals surface area contributed by atoms with E-state index in [2.05, 4.69) is 36.1 Å². The van der Waals surface area contributed by atoms with Gasteiger partial charge < -0.3 is 10.6 Å². The number of rotatable bonds is 2. The largest absolute Gasteiger partial charge is 0.338 e. The number of benzene rings is 1. The summed E-state index contributed by atoms with van der Waals surface area (Å²) in [4.78, 5) is 15.0. The van der Waals surface area contributed by atoms with Crippen molar-refractivity contribution < 1.29 is 4.79 Å². The number of carbonyl (C=O) groups excluding carboxylic acids is 1. The van der Waals surface area contributed by atoms with Crippen molar-refractivity contribution in [2.45, 2.75) is 44.6 Å². The normalized spacial score (nSPS) is 29.3. The number of likely N-dealkylation sites (tertiary alicyclic amines) is 1. The summed E-state index contributed by atoms with van der Waals surface area (Å²) in [5.41, 5.74) is 8.49. The summed E-state index contributed by atoms with van der Waals surface area (Å²) in [5.74, 6) is 0.888. The van der Waals surface area contributed by atoms with Crippen LogP contribution < -0.4 is 5.73 Å². The van der Waals surface area contributed by atoms with E-state index in [1.807, 2.05) is 0 Å². The summed E-state index contributed by atoms with van der Waals surface area (Å²) in [7, 11) is 0. The second-order valence-electron chi connectivity index (χ2n) is 6.24. The number of nitrogens with zero attached hydrogens (tertiary/aromatic N) is 1. The van der Waals surface area contributed by atoms with Gasteiger partial charge >= 0.3 is 0 Å². The lowest BCUT2D eigenvalue weighted by molar-refractivity contribution is -0.134. The highest BCUT2D eigenvalue weighted by molar-refractivity contribution is 5.85. The Morgan fingerprint density at radius 3 is 2.95 bits per heavy atom. The Morgan fingerprint density at radius 2 is 2.15 bits per heavy atom. The van der Waals surface area contributed by atoms with E-state index in [1.54, 1.807) is 0 Å². The average molecular weight is 272 g/mol. The number of hydrogen-bond donors (Lipinski definition) is 1. The third-order valence-corrected chi connectivity index (χ3v) is 5.07. The third kappa shape index (κ3) is 2.24. The summed E-state index contributed by atoms with van der Waals surface area (Å²) in [6.07, 6.45) is 4.29. The Labute approximate surface area is 121 Å². The molecule has 1 aliphatic carbocycles. The van der Waals surface area contributed by atoms with E-state index in [1.165, 1.54) is 11.1 Å². The number of fused-ring (bicyclic) bond motifs is 1. The molecule has 3 atom stereocenters. The van der Waals surface area contributed by atoms with Gasteiger partial charge in [-0.2, -0.15) is 0 Å². The second kappa shape index (κ2) is 5.57. The number of hydrogen-bond acceptors (Lipinski definition) is 2. The van der Waals surface area contributed by atoms with E-state index < -0.39 is 0 Å². The van der Waals surface area contributed by atoms with Crippen LogP contribution in [0.2, 0.25) is 0 Å². The first kappa shape index (κ1) is 13.6. The Kier molecular flexibility index (Phi) is 3.79. The fourth-order valence-electron chi connectivity index (χ4n) is 3.85. The average Bonchev–Trinajstić information content (AvgIpc) is 2.86. The molecule has 1 aromatic carbocycles. The molecule has 1 heterocycles. The quantitative estimate of drug-likeness (QED) is 0.898. The first-order valence-corrected chi connectivity index (χ1v) is 7.80. The first-order chi connectivity index (χ1) is 9.72. The highest BCUT2D eigenvalue weighted by atomic mass is 16.2. The van der Waals surface area contributed by atoms with Gasteiger partial charge in [0, 0.05) is 19.1 Å². The van der Waals surface area contributed by atoms with Crippen LogP contribution in [0.1, 0.15) is 43.2 Å². The van der Waals surface area contributed by atoms with Gasteiger partial charge in [-0.1, -0.05) is 31.2 Å². The molecule has 2 N–H and O–H groups in total. The van der Waals surface area contributed by atoms with Crippen LogP contribution in [0.4, 0.5) is 0 Å². The highest BCUT2D eigenvalue weighted by Gasteiger charge is 2.38. The molecule has 1 aliphatic heterocycles. The molecule has 20 heavy (non-hydrogen) atoms. The molecule has 1 amide bonds. The number of aryl methyl sites for hydroxylation is 1. The van der Waals surface area contributed by atoms with Crippen LogP contribution in [-0.2, 0) is 11.2 Å². The first-order valence-electron chi connectivity index (χ1n) is 7.80. The molecule has 3 rings (SSSR count). The predicted molar refractivity (Wildman–Crippen MR) is 80.5 cm³/mol. The van der Waals surface area contributed by atoms with Crippen LogP contribution in [0.25, 0.3) is 0 Å². The molecule has 1 fully saturated rings. The maximum Gasteiger partial charge on any atom is 0.230 e.